The Labute approximate surface area is 163 Å². The third-order valence-corrected chi connectivity index (χ3v) is 6.56. The molecule has 2 fully saturated rings. The van der Waals surface area contributed by atoms with Gasteiger partial charge in [-0.05, 0) is 75.4 Å². The first-order chi connectivity index (χ1) is 12.8. The van der Waals surface area contributed by atoms with Crippen LogP contribution in [0, 0.1) is 47.4 Å². The molecule has 0 heterocycles. The van der Waals surface area contributed by atoms with Crippen molar-refractivity contribution in [1.29, 1.82) is 0 Å². The van der Waals surface area contributed by atoms with Crippen molar-refractivity contribution < 1.29 is 0 Å². The van der Waals surface area contributed by atoms with Crippen molar-refractivity contribution in [2.24, 2.45) is 23.7 Å². The van der Waals surface area contributed by atoms with E-state index in [2.05, 4.69) is 37.5 Å². The molecule has 0 bridgehead atoms. The second-order valence-corrected chi connectivity index (χ2v) is 8.60. The summed E-state index contributed by atoms with van der Waals surface area (Å²) < 4.78 is 0. The van der Waals surface area contributed by atoms with E-state index in [1.165, 1.54) is 89.9 Å². The Kier molecular flexibility index (Phi) is 10.7. The lowest BCUT2D eigenvalue weighted by molar-refractivity contribution is 0.294. The summed E-state index contributed by atoms with van der Waals surface area (Å²) in [7, 11) is 0. The zero-order valence-electron chi connectivity index (χ0n) is 17.4. The molecule has 0 aromatic rings. The summed E-state index contributed by atoms with van der Waals surface area (Å²) in [5.74, 6) is 16.6. The van der Waals surface area contributed by atoms with Crippen LogP contribution < -0.4 is 0 Å². The zero-order chi connectivity index (χ0) is 18.5. The van der Waals surface area contributed by atoms with Crippen LogP contribution in [-0.2, 0) is 0 Å². The van der Waals surface area contributed by atoms with Crippen molar-refractivity contribution in [2.45, 2.75) is 104 Å². The first-order valence-electron chi connectivity index (χ1n) is 11.5. The molecule has 0 nitrogen and oxygen atoms in total. The second-order valence-electron chi connectivity index (χ2n) is 8.60. The van der Waals surface area contributed by atoms with Gasteiger partial charge >= 0.3 is 0 Å². The fourth-order valence-corrected chi connectivity index (χ4v) is 4.59. The van der Waals surface area contributed by atoms with Crippen molar-refractivity contribution in [3.63, 3.8) is 0 Å². The summed E-state index contributed by atoms with van der Waals surface area (Å²) in [5.41, 5.74) is 0. The first kappa shape index (κ1) is 21.2. The molecule has 2 saturated carbocycles. The molecule has 144 valence electrons. The Bertz CT molecular complexity index is 502. The van der Waals surface area contributed by atoms with Gasteiger partial charge in [-0.3, -0.25) is 0 Å². The van der Waals surface area contributed by atoms with E-state index in [0.29, 0.717) is 11.8 Å². The quantitative estimate of drug-likeness (QED) is 0.342. The molecule has 0 saturated heterocycles. The highest BCUT2D eigenvalue weighted by Gasteiger charge is 2.19. The highest BCUT2D eigenvalue weighted by atomic mass is 14.2. The Morgan fingerprint density at radius 3 is 1.69 bits per heavy atom. The Morgan fingerprint density at radius 1 is 0.654 bits per heavy atom. The molecule has 0 amide bonds. The average Bonchev–Trinajstić information content (AvgIpc) is 2.69. The number of unbranched alkanes of at least 4 members (excludes halogenated alkanes) is 3. The van der Waals surface area contributed by atoms with Crippen LogP contribution in [0.5, 0.6) is 0 Å². The third-order valence-electron chi connectivity index (χ3n) is 6.56. The van der Waals surface area contributed by atoms with Gasteiger partial charge in [-0.15, -0.1) is 0 Å². The minimum Gasteiger partial charge on any atom is -0.0951 e. The Balaban J connectivity index is 1.59. The Morgan fingerprint density at radius 2 is 1.19 bits per heavy atom. The highest BCUT2D eigenvalue weighted by molar-refractivity contribution is 5.26. The molecule has 0 aliphatic heterocycles. The maximum Gasteiger partial charge on any atom is 0.0206 e. The SMILES string of the molecule is CCCCCCC1CCC(C#CC=CC#CC2CCC(CC)CC2)CC1. The van der Waals surface area contributed by atoms with Crippen LogP contribution in [0.15, 0.2) is 12.2 Å². The van der Waals surface area contributed by atoms with Crippen molar-refractivity contribution >= 4 is 0 Å². The molecule has 0 aromatic carbocycles. The van der Waals surface area contributed by atoms with Crippen LogP contribution in [0.4, 0.5) is 0 Å². The van der Waals surface area contributed by atoms with Gasteiger partial charge in [0, 0.05) is 11.8 Å². The predicted octanol–water partition coefficient (Wildman–Crippen LogP) is 7.54. The fourth-order valence-electron chi connectivity index (χ4n) is 4.59. The van der Waals surface area contributed by atoms with E-state index in [1.807, 2.05) is 12.2 Å². The summed E-state index contributed by atoms with van der Waals surface area (Å²) in [6.07, 6.45) is 23.1. The lowest BCUT2D eigenvalue weighted by Crippen LogP contribution is -2.13. The molecule has 2 aliphatic carbocycles. The van der Waals surface area contributed by atoms with Gasteiger partial charge in [0.2, 0.25) is 0 Å². The summed E-state index contributed by atoms with van der Waals surface area (Å²) in [6, 6.07) is 0. The second kappa shape index (κ2) is 13.1. The molecule has 0 unspecified atom stereocenters. The lowest BCUT2D eigenvalue weighted by Gasteiger charge is -2.25. The first-order valence-corrected chi connectivity index (χ1v) is 11.5. The van der Waals surface area contributed by atoms with Gasteiger partial charge in [0.25, 0.3) is 0 Å². The third kappa shape index (κ3) is 8.49. The zero-order valence-corrected chi connectivity index (χ0v) is 17.4. The number of hydrogen-bond acceptors (Lipinski definition) is 0. The van der Waals surface area contributed by atoms with E-state index in [1.54, 1.807) is 0 Å². The molecular formula is C26H40. The summed E-state index contributed by atoms with van der Waals surface area (Å²) in [5, 5.41) is 0. The molecule has 2 aliphatic rings. The van der Waals surface area contributed by atoms with Gasteiger partial charge in [0.15, 0.2) is 0 Å². The summed E-state index contributed by atoms with van der Waals surface area (Å²) in [4.78, 5) is 0. The maximum atomic E-state index is 3.47. The molecule has 0 aromatic heterocycles. The van der Waals surface area contributed by atoms with Crippen molar-refractivity contribution in [1.82, 2.24) is 0 Å². The van der Waals surface area contributed by atoms with Crippen LogP contribution in [0.2, 0.25) is 0 Å². The van der Waals surface area contributed by atoms with E-state index in [0.717, 1.165) is 11.8 Å². The van der Waals surface area contributed by atoms with Crippen molar-refractivity contribution in [3.05, 3.63) is 12.2 Å². The molecule has 2 rings (SSSR count). The topological polar surface area (TPSA) is 0 Å². The predicted molar refractivity (Wildman–Crippen MR) is 115 cm³/mol. The van der Waals surface area contributed by atoms with E-state index in [-0.39, 0.29) is 0 Å². The smallest absolute Gasteiger partial charge is 0.0206 e. The molecule has 0 N–H and O–H groups in total. The monoisotopic (exact) mass is 352 g/mol. The maximum absolute atomic E-state index is 3.47. The largest absolute Gasteiger partial charge is 0.0951 e. The van der Waals surface area contributed by atoms with Crippen LogP contribution in [0.25, 0.3) is 0 Å². The molecule has 0 heteroatoms. The minimum atomic E-state index is 0.628. The van der Waals surface area contributed by atoms with Gasteiger partial charge in [-0.25, -0.2) is 0 Å². The highest BCUT2D eigenvalue weighted by Crippen LogP contribution is 2.32. The van der Waals surface area contributed by atoms with E-state index in [9.17, 15) is 0 Å². The lowest BCUT2D eigenvalue weighted by atomic mass is 9.80. The molecule has 26 heavy (non-hydrogen) atoms. The fraction of sp³-hybridized carbons (Fsp3) is 0.769. The van der Waals surface area contributed by atoms with Gasteiger partial charge in [0.1, 0.15) is 0 Å². The van der Waals surface area contributed by atoms with Gasteiger partial charge < -0.3 is 0 Å². The number of allylic oxidation sites excluding steroid dienone is 2. The normalized spacial score (nSPS) is 28.8. The summed E-state index contributed by atoms with van der Waals surface area (Å²) in [6.45, 7) is 4.61. The molecular weight excluding hydrogens is 312 g/mol. The number of rotatable bonds is 6. The molecule has 0 spiro atoms. The molecule has 0 atom stereocenters. The number of hydrogen-bond donors (Lipinski definition) is 0. The van der Waals surface area contributed by atoms with Gasteiger partial charge in [0.05, 0.1) is 0 Å². The van der Waals surface area contributed by atoms with Crippen LogP contribution in [0.1, 0.15) is 104 Å². The minimum absolute atomic E-state index is 0.628. The van der Waals surface area contributed by atoms with E-state index >= 15 is 0 Å². The molecule has 0 radical (unpaired) electrons. The van der Waals surface area contributed by atoms with Gasteiger partial charge in [-0.2, -0.15) is 0 Å². The van der Waals surface area contributed by atoms with E-state index < -0.39 is 0 Å². The van der Waals surface area contributed by atoms with E-state index in [4.69, 9.17) is 0 Å². The van der Waals surface area contributed by atoms with Crippen LogP contribution >= 0.6 is 0 Å². The summed E-state index contributed by atoms with van der Waals surface area (Å²) >= 11 is 0. The van der Waals surface area contributed by atoms with Gasteiger partial charge in [-0.1, -0.05) is 76.1 Å². The standard InChI is InChI=1S/C26H40/c1-3-5-6-9-12-25-19-21-26(22-20-25)14-11-8-7-10-13-24-17-15-23(4-2)16-18-24/h7-8,23-26H,3-6,9,12,15-22H2,1-2H3. The van der Waals surface area contributed by atoms with Crippen LogP contribution in [0.3, 0.4) is 0 Å². The van der Waals surface area contributed by atoms with Crippen LogP contribution in [-0.4, -0.2) is 0 Å². The average molecular weight is 353 g/mol. The van der Waals surface area contributed by atoms with Crippen molar-refractivity contribution in [2.75, 3.05) is 0 Å². The Hall–Kier alpha value is -1.14. The van der Waals surface area contributed by atoms with Crippen molar-refractivity contribution in [3.8, 4) is 23.7 Å².